The van der Waals surface area contributed by atoms with Crippen LogP contribution in [0.4, 0.5) is 8.78 Å². The Morgan fingerprint density at radius 1 is 1.06 bits per heavy atom. The highest BCUT2D eigenvalue weighted by molar-refractivity contribution is 6.30. The monoisotopic (exact) mass is 268 g/mol. The lowest BCUT2D eigenvalue weighted by Gasteiger charge is -2.08. The third-order valence-electron chi connectivity index (χ3n) is 2.21. The quantitative estimate of drug-likeness (QED) is 0.779. The Balaban J connectivity index is 2.36. The largest absolute Gasteiger partial charge is 0.454 e. The molecule has 0 bridgehead atoms. The lowest BCUT2D eigenvalue weighted by Crippen LogP contribution is -1.93. The Morgan fingerprint density at radius 2 is 1.78 bits per heavy atom. The molecule has 2 nitrogen and oxygen atoms in total. The third-order valence-corrected chi connectivity index (χ3v) is 2.45. The van der Waals surface area contributed by atoms with E-state index in [1.165, 1.54) is 18.2 Å². The lowest BCUT2D eigenvalue weighted by molar-refractivity contribution is 0.112. The van der Waals surface area contributed by atoms with Gasteiger partial charge in [0.25, 0.3) is 0 Å². The first-order valence-electron chi connectivity index (χ1n) is 4.98. The molecule has 0 heterocycles. The van der Waals surface area contributed by atoms with E-state index in [0.29, 0.717) is 6.29 Å². The Kier molecular flexibility index (Phi) is 3.58. The summed E-state index contributed by atoms with van der Waals surface area (Å²) in [4.78, 5) is 10.7. The van der Waals surface area contributed by atoms with Crippen LogP contribution in [-0.2, 0) is 0 Å². The molecule has 92 valence electrons. The standard InChI is InChI=1S/C13H7ClF2O2/c14-9-1-3-13(11(16)6-9)18-12-4-2-10(15)5-8(12)7-17/h1-7H. The van der Waals surface area contributed by atoms with Crippen molar-refractivity contribution < 1.29 is 18.3 Å². The van der Waals surface area contributed by atoms with E-state index in [9.17, 15) is 13.6 Å². The second-order valence-electron chi connectivity index (χ2n) is 3.48. The lowest BCUT2D eigenvalue weighted by atomic mass is 10.2. The van der Waals surface area contributed by atoms with Gasteiger partial charge in [-0.2, -0.15) is 0 Å². The summed E-state index contributed by atoms with van der Waals surface area (Å²) in [5.74, 6) is -1.24. The molecule has 0 aromatic heterocycles. The number of carbonyl (C=O) groups is 1. The Morgan fingerprint density at radius 3 is 2.44 bits per heavy atom. The zero-order valence-electron chi connectivity index (χ0n) is 8.99. The van der Waals surface area contributed by atoms with E-state index in [0.717, 1.165) is 18.2 Å². The van der Waals surface area contributed by atoms with Gasteiger partial charge in [-0.15, -0.1) is 0 Å². The zero-order valence-corrected chi connectivity index (χ0v) is 9.75. The molecule has 0 saturated carbocycles. The van der Waals surface area contributed by atoms with E-state index in [-0.39, 0.29) is 22.1 Å². The Labute approximate surface area is 107 Å². The van der Waals surface area contributed by atoms with Crippen molar-refractivity contribution in [2.24, 2.45) is 0 Å². The molecule has 2 rings (SSSR count). The van der Waals surface area contributed by atoms with Crippen molar-refractivity contribution in [1.29, 1.82) is 0 Å². The van der Waals surface area contributed by atoms with E-state index in [1.807, 2.05) is 0 Å². The maximum absolute atomic E-state index is 13.5. The SMILES string of the molecule is O=Cc1cc(F)ccc1Oc1ccc(Cl)cc1F. The predicted octanol–water partition coefficient (Wildman–Crippen LogP) is 4.22. The minimum atomic E-state index is -0.663. The van der Waals surface area contributed by atoms with Gasteiger partial charge in [0.1, 0.15) is 11.6 Å². The Hall–Kier alpha value is -1.94. The first-order valence-corrected chi connectivity index (χ1v) is 5.35. The molecule has 0 N–H and O–H groups in total. The van der Waals surface area contributed by atoms with E-state index in [1.54, 1.807) is 0 Å². The molecule has 0 atom stereocenters. The minimum Gasteiger partial charge on any atom is -0.454 e. The van der Waals surface area contributed by atoms with Crippen molar-refractivity contribution in [2.45, 2.75) is 0 Å². The van der Waals surface area contributed by atoms with Crippen LogP contribution in [0.25, 0.3) is 0 Å². The number of aldehydes is 1. The third kappa shape index (κ3) is 2.65. The van der Waals surface area contributed by atoms with Crippen LogP contribution in [0.15, 0.2) is 36.4 Å². The van der Waals surface area contributed by atoms with Gasteiger partial charge in [0.2, 0.25) is 0 Å². The molecule has 2 aromatic carbocycles. The average Bonchev–Trinajstić information content (AvgIpc) is 2.34. The molecule has 2 aromatic rings. The van der Waals surface area contributed by atoms with Crippen molar-refractivity contribution in [3.05, 3.63) is 58.6 Å². The molecular formula is C13H7ClF2O2. The number of benzene rings is 2. The second-order valence-corrected chi connectivity index (χ2v) is 3.91. The molecule has 18 heavy (non-hydrogen) atoms. The summed E-state index contributed by atoms with van der Waals surface area (Å²) < 4.78 is 31.6. The summed E-state index contributed by atoms with van der Waals surface area (Å²) in [6.45, 7) is 0. The highest BCUT2D eigenvalue weighted by atomic mass is 35.5. The first kappa shape index (κ1) is 12.5. The van der Waals surface area contributed by atoms with Gasteiger partial charge in [-0.25, -0.2) is 8.78 Å². The summed E-state index contributed by atoms with van der Waals surface area (Å²) >= 11 is 5.60. The number of ether oxygens (including phenoxy) is 1. The van der Waals surface area contributed by atoms with Gasteiger partial charge in [-0.1, -0.05) is 11.6 Å². The van der Waals surface area contributed by atoms with Gasteiger partial charge < -0.3 is 4.74 Å². The normalized spacial score (nSPS) is 10.2. The average molecular weight is 269 g/mol. The summed E-state index contributed by atoms with van der Waals surface area (Å²) in [7, 11) is 0. The van der Waals surface area contributed by atoms with Crippen LogP contribution in [0.5, 0.6) is 11.5 Å². The van der Waals surface area contributed by atoms with E-state index in [2.05, 4.69) is 0 Å². The number of rotatable bonds is 3. The van der Waals surface area contributed by atoms with Crippen LogP contribution in [0.1, 0.15) is 10.4 Å². The fourth-order valence-corrected chi connectivity index (χ4v) is 1.54. The summed E-state index contributed by atoms with van der Waals surface area (Å²) in [6, 6.07) is 7.25. The summed E-state index contributed by atoms with van der Waals surface area (Å²) in [5.41, 5.74) is 0.00403. The molecule has 5 heteroatoms. The van der Waals surface area contributed by atoms with E-state index < -0.39 is 11.6 Å². The second kappa shape index (κ2) is 5.14. The molecule has 0 aliphatic heterocycles. The van der Waals surface area contributed by atoms with Crippen LogP contribution in [-0.4, -0.2) is 6.29 Å². The Bertz CT molecular complexity index is 600. The van der Waals surface area contributed by atoms with Crippen LogP contribution in [0.3, 0.4) is 0 Å². The highest BCUT2D eigenvalue weighted by Gasteiger charge is 2.09. The fraction of sp³-hybridized carbons (Fsp3) is 0. The van der Waals surface area contributed by atoms with Crippen LogP contribution >= 0.6 is 11.6 Å². The molecule has 0 aliphatic rings. The molecule has 0 fully saturated rings. The molecule has 0 unspecified atom stereocenters. The number of hydrogen-bond acceptors (Lipinski definition) is 2. The molecule has 0 spiro atoms. The van der Waals surface area contributed by atoms with Gasteiger partial charge in [0.05, 0.1) is 5.56 Å². The van der Waals surface area contributed by atoms with Crippen molar-refractivity contribution >= 4 is 17.9 Å². The van der Waals surface area contributed by atoms with Gasteiger partial charge in [0, 0.05) is 5.02 Å². The number of hydrogen-bond donors (Lipinski definition) is 0. The van der Waals surface area contributed by atoms with Gasteiger partial charge in [0.15, 0.2) is 17.9 Å². The molecule has 0 saturated heterocycles. The highest BCUT2D eigenvalue weighted by Crippen LogP contribution is 2.28. The molecular weight excluding hydrogens is 262 g/mol. The topological polar surface area (TPSA) is 26.3 Å². The van der Waals surface area contributed by atoms with E-state index >= 15 is 0 Å². The summed E-state index contributed by atoms with van der Waals surface area (Å²) in [6.07, 6.45) is 0.437. The van der Waals surface area contributed by atoms with Crippen molar-refractivity contribution in [3.8, 4) is 11.5 Å². The van der Waals surface area contributed by atoms with Gasteiger partial charge in [-0.3, -0.25) is 4.79 Å². The van der Waals surface area contributed by atoms with Crippen LogP contribution in [0.2, 0.25) is 5.02 Å². The van der Waals surface area contributed by atoms with Crippen LogP contribution < -0.4 is 4.74 Å². The summed E-state index contributed by atoms with van der Waals surface area (Å²) in [5, 5.41) is 0.231. The molecule has 0 radical (unpaired) electrons. The minimum absolute atomic E-state index is 0.00403. The fourth-order valence-electron chi connectivity index (χ4n) is 1.38. The smallest absolute Gasteiger partial charge is 0.167 e. The van der Waals surface area contributed by atoms with Gasteiger partial charge in [-0.05, 0) is 36.4 Å². The maximum atomic E-state index is 13.5. The number of halogens is 3. The molecule has 0 amide bonds. The van der Waals surface area contributed by atoms with Gasteiger partial charge >= 0.3 is 0 Å². The van der Waals surface area contributed by atoms with Crippen LogP contribution in [0, 0.1) is 11.6 Å². The number of carbonyl (C=O) groups excluding carboxylic acids is 1. The maximum Gasteiger partial charge on any atom is 0.167 e. The first-order chi connectivity index (χ1) is 8.60. The van der Waals surface area contributed by atoms with Crippen molar-refractivity contribution in [1.82, 2.24) is 0 Å². The molecule has 0 aliphatic carbocycles. The van der Waals surface area contributed by atoms with Crippen molar-refractivity contribution in [2.75, 3.05) is 0 Å². The zero-order chi connectivity index (χ0) is 13.1. The van der Waals surface area contributed by atoms with E-state index in [4.69, 9.17) is 16.3 Å². The van der Waals surface area contributed by atoms with Crippen molar-refractivity contribution in [3.63, 3.8) is 0 Å². The predicted molar refractivity (Wildman–Crippen MR) is 63.3 cm³/mol.